The molecule has 40 heavy (non-hydrogen) atoms. The van der Waals surface area contributed by atoms with Crippen LogP contribution in [0, 0.1) is 19.7 Å². The lowest BCUT2D eigenvalue weighted by molar-refractivity contribution is -0.119. The lowest BCUT2D eigenvalue weighted by Gasteiger charge is -2.24. The maximum Gasteiger partial charge on any atom is 0.264 e. The van der Waals surface area contributed by atoms with Crippen LogP contribution in [0.25, 0.3) is 5.69 Å². The van der Waals surface area contributed by atoms with Gasteiger partial charge < -0.3 is 14.0 Å². The number of nitrogens with one attached hydrogen (secondary N) is 1. The summed E-state index contributed by atoms with van der Waals surface area (Å²) in [6, 6.07) is 20.6. The van der Waals surface area contributed by atoms with E-state index in [1.54, 1.807) is 0 Å². The Morgan fingerprint density at radius 3 is 2.30 bits per heavy atom. The molecular formula is C29H29FN4O5S. The van der Waals surface area contributed by atoms with E-state index in [1.807, 2.05) is 50.2 Å². The number of carbonyl (C=O) groups is 1. The van der Waals surface area contributed by atoms with Crippen molar-refractivity contribution in [3.05, 3.63) is 102 Å². The number of nitrogens with zero attached hydrogens (tertiary/aromatic N) is 3. The van der Waals surface area contributed by atoms with Gasteiger partial charge in [0.15, 0.2) is 11.5 Å². The Hall–Kier alpha value is -4.64. The molecule has 3 aromatic carbocycles. The molecule has 11 heteroatoms. The van der Waals surface area contributed by atoms with Crippen LogP contribution in [0.15, 0.2) is 88.9 Å². The van der Waals surface area contributed by atoms with E-state index in [0.29, 0.717) is 5.75 Å². The summed E-state index contributed by atoms with van der Waals surface area (Å²) in [5, 5.41) is 4.06. The monoisotopic (exact) mass is 564 g/mol. The smallest absolute Gasteiger partial charge is 0.264 e. The van der Waals surface area contributed by atoms with Crippen molar-refractivity contribution in [3.8, 4) is 17.2 Å². The number of amides is 1. The quantitative estimate of drug-likeness (QED) is 0.224. The van der Waals surface area contributed by atoms with Crippen LogP contribution >= 0.6 is 0 Å². The number of para-hydroxylation sites is 1. The first-order valence-corrected chi connectivity index (χ1v) is 13.7. The average Bonchev–Trinajstić information content (AvgIpc) is 3.24. The number of halogens is 1. The zero-order valence-corrected chi connectivity index (χ0v) is 23.3. The summed E-state index contributed by atoms with van der Waals surface area (Å²) in [5.74, 6) is -0.700. The fourth-order valence-electron chi connectivity index (χ4n) is 4.26. The predicted molar refractivity (Wildman–Crippen MR) is 151 cm³/mol. The summed E-state index contributed by atoms with van der Waals surface area (Å²) in [5.41, 5.74) is 6.19. The summed E-state index contributed by atoms with van der Waals surface area (Å²) >= 11 is 0. The Morgan fingerprint density at radius 1 is 0.975 bits per heavy atom. The molecule has 1 N–H and O–H groups in total. The largest absolute Gasteiger partial charge is 0.493 e. The third-order valence-electron chi connectivity index (χ3n) is 6.22. The molecule has 1 heterocycles. The van der Waals surface area contributed by atoms with E-state index in [1.165, 1.54) is 50.8 Å². The Labute approximate surface area is 232 Å². The summed E-state index contributed by atoms with van der Waals surface area (Å²) in [6.07, 6.45) is 1.50. The first kappa shape index (κ1) is 28.4. The van der Waals surface area contributed by atoms with Gasteiger partial charge in [-0.25, -0.2) is 18.2 Å². The fourth-order valence-corrected chi connectivity index (χ4v) is 5.70. The Bertz CT molecular complexity index is 1640. The van der Waals surface area contributed by atoms with E-state index in [4.69, 9.17) is 9.47 Å². The van der Waals surface area contributed by atoms with Crippen LogP contribution in [0.5, 0.6) is 11.5 Å². The first-order valence-electron chi connectivity index (χ1n) is 12.2. The first-order chi connectivity index (χ1) is 19.1. The lowest BCUT2D eigenvalue weighted by Crippen LogP contribution is -2.39. The molecule has 0 aliphatic rings. The van der Waals surface area contributed by atoms with Gasteiger partial charge in [-0.2, -0.15) is 5.10 Å². The molecule has 9 nitrogen and oxygen atoms in total. The van der Waals surface area contributed by atoms with E-state index >= 15 is 0 Å². The number of aryl methyl sites for hydroxylation is 1. The van der Waals surface area contributed by atoms with Gasteiger partial charge in [0.2, 0.25) is 0 Å². The molecule has 0 atom stereocenters. The molecule has 0 fully saturated rings. The minimum atomic E-state index is -4.28. The lowest BCUT2D eigenvalue weighted by atomic mass is 10.2. The Balaban J connectivity index is 1.58. The van der Waals surface area contributed by atoms with E-state index in [9.17, 15) is 17.6 Å². The van der Waals surface area contributed by atoms with Gasteiger partial charge in [-0.3, -0.25) is 9.10 Å². The highest BCUT2D eigenvalue weighted by Gasteiger charge is 2.28. The van der Waals surface area contributed by atoms with E-state index in [2.05, 4.69) is 15.1 Å². The minimum Gasteiger partial charge on any atom is -0.493 e. The van der Waals surface area contributed by atoms with Gasteiger partial charge in [-0.05, 0) is 68.4 Å². The van der Waals surface area contributed by atoms with E-state index in [0.717, 1.165) is 39.1 Å². The van der Waals surface area contributed by atoms with Crippen molar-refractivity contribution in [1.82, 2.24) is 9.99 Å². The van der Waals surface area contributed by atoms with Gasteiger partial charge in [0.1, 0.15) is 12.4 Å². The van der Waals surface area contributed by atoms with Gasteiger partial charge in [0.05, 0.1) is 31.0 Å². The van der Waals surface area contributed by atoms with Crippen molar-refractivity contribution in [2.75, 3.05) is 25.1 Å². The molecule has 1 amide bonds. The van der Waals surface area contributed by atoms with Crippen molar-refractivity contribution in [2.45, 2.75) is 18.7 Å². The number of hydrogen-bond acceptors (Lipinski definition) is 6. The van der Waals surface area contributed by atoms with E-state index < -0.39 is 28.3 Å². The number of carbonyl (C=O) groups excluding carboxylic acids is 1. The number of ether oxygens (including phenoxy) is 2. The highest BCUT2D eigenvalue weighted by molar-refractivity contribution is 7.92. The number of aromatic nitrogens is 1. The van der Waals surface area contributed by atoms with Crippen LogP contribution in [0.1, 0.15) is 17.0 Å². The van der Waals surface area contributed by atoms with Crippen LogP contribution in [0.4, 0.5) is 10.1 Å². The molecule has 4 rings (SSSR count). The van der Waals surface area contributed by atoms with Crippen molar-refractivity contribution in [2.24, 2.45) is 5.10 Å². The number of anilines is 1. The van der Waals surface area contributed by atoms with Gasteiger partial charge in [-0.15, -0.1) is 0 Å². The van der Waals surface area contributed by atoms with Crippen LogP contribution < -0.4 is 19.2 Å². The van der Waals surface area contributed by atoms with Gasteiger partial charge in [0, 0.05) is 28.7 Å². The Kier molecular flexibility index (Phi) is 8.54. The van der Waals surface area contributed by atoms with Crippen molar-refractivity contribution in [3.63, 3.8) is 0 Å². The molecule has 0 aliphatic heterocycles. The summed E-state index contributed by atoms with van der Waals surface area (Å²) in [6.45, 7) is 3.30. The molecule has 0 bridgehead atoms. The molecule has 0 spiro atoms. The second-order valence-corrected chi connectivity index (χ2v) is 10.7. The highest BCUT2D eigenvalue weighted by Crippen LogP contribution is 2.32. The molecule has 0 aliphatic carbocycles. The van der Waals surface area contributed by atoms with Crippen molar-refractivity contribution >= 4 is 27.8 Å². The molecule has 0 radical (unpaired) electrons. The molecular weight excluding hydrogens is 535 g/mol. The summed E-state index contributed by atoms with van der Waals surface area (Å²) in [4.78, 5) is 12.8. The van der Waals surface area contributed by atoms with Gasteiger partial charge >= 0.3 is 0 Å². The van der Waals surface area contributed by atoms with Gasteiger partial charge in [-0.1, -0.05) is 18.2 Å². The number of hydrazone groups is 1. The molecule has 1 aromatic heterocycles. The summed E-state index contributed by atoms with van der Waals surface area (Å²) in [7, 11) is -1.46. The zero-order chi connectivity index (χ0) is 28.9. The standard InChI is InChI=1S/C29H29FN4O5S/c1-20-16-22(21(2)34(20)25-8-6-5-7-9-25)18-31-32-29(35)19-33(24-12-10-23(30)11-13-24)40(36,37)26-14-15-27(38-3)28(17-26)39-4/h5-18H,19H2,1-4H3,(H,32,35)/b31-18-. The second-order valence-electron chi connectivity index (χ2n) is 8.80. The summed E-state index contributed by atoms with van der Waals surface area (Å²) < 4.78 is 54.3. The third-order valence-corrected chi connectivity index (χ3v) is 7.99. The molecule has 0 unspecified atom stereocenters. The number of methoxy groups -OCH3 is 2. The zero-order valence-electron chi connectivity index (χ0n) is 22.5. The number of rotatable bonds is 10. The fraction of sp³-hybridized carbons (Fsp3) is 0.172. The molecule has 0 saturated heterocycles. The molecule has 208 valence electrons. The third kappa shape index (κ3) is 5.99. The van der Waals surface area contributed by atoms with Gasteiger partial charge in [0.25, 0.3) is 15.9 Å². The maximum atomic E-state index is 13.7. The molecule has 0 saturated carbocycles. The van der Waals surface area contributed by atoms with E-state index in [-0.39, 0.29) is 16.3 Å². The van der Waals surface area contributed by atoms with Crippen molar-refractivity contribution < 1.29 is 27.1 Å². The topological polar surface area (TPSA) is 102 Å². The SMILES string of the molecule is COc1ccc(S(=O)(=O)N(CC(=O)N/N=C\c2cc(C)n(-c3ccccc3)c2C)c2ccc(F)cc2)cc1OC. The minimum absolute atomic E-state index is 0.0988. The number of benzene rings is 3. The van der Waals surface area contributed by atoms with Crippen LogP contribution in [0.3, 0.4) is 0 Å². The number of hydrogen-bond donors (Lipinski definition) is 1. The number of sulfonamides is 1. The normalized spacial score (nSPS) is 11.4. The maximum absolute atomic E-state index is 13.7. The highest BCUT2D eigenvalue weighted by atomic mass is 32.2. The average molecular weight is 565 g/mol. The molecule has 4 aromatic rings. The second kappa shape index (κ2) is 12.0. The predicted octanol–water partition coefficient (Wildman–Crippen LogP) is 4.60. The van der Waals surface area contributed by atoms with Crippen molar-refractivity contribution in [1.29, 1.82) is 0 Å². The van der Waals surface area contributed by atoms with Crippen LogP contribution in [0.2, 0.25) is 0 Å². The Morgan fingerprint density at radius 2 is 1.65 bits per heavy atom. The van der Waals surface area contributed by atoms with Crippen LogP contribution in [-0.2, 0) is 14.8 Å². The van der Waals surface area contributed by atoms with Crippen LogP contribution in [-0.4, -0.2) is 45.9 Å².